The zero-order chi connectivity index (χ0) is 13.8. The number of benzene rings is 1. The van der Waals surface area contributed by atoms with E-state index in [0.717, 1.165) is 0 Å². The second-order valence-corrected chi connectivity index (χ2v) is 4.53. The van der Waals surface area contributed by atoms with Gasteiger partial charge in [0, 0.05) is 11.5 Å². The summed E-state index contributed by atoms with van der Waals surface area (Å²) in [5, 5.41) is 0. The van der Waals surface area contributed by atoms with Crippen LogP contribution in [-0.2, 0) is 14.9 Å². The van der Waals surface area contributed by atoms with Crippen molar-refractivity contribution in [3.63, 3.8) is 0 Å². The van der Waals surface area contributed by atoms with Gasteiger partial charge in [0.05, 0.1) is 13.5 Å². The third-order valence-electron chi connectivity index (χ3n) is 3.60. The average molecular weight is 253 g/mol. The van der Waals surface area contributed by atoms with E-state index >= 15 is 0 Å². The van der Waals surface area contributed by atoms with Crippen LogP contribution in [0.2, 0.25) is 0 Å². The third kappa shape index (κ3) is 2.70. The van der Waals surface area contributed by atoms with Crippen LogP contribution in [0.1, 0.15) is 32.3 Å². The monoisotopic (exact) mass is 253 g/mol. The van der Waals surface area contributed by atoms with Gasteiger partial charge in [0.2, 0.25) is 0 Å². The van der Waals surface area contributed by atoms with Crippen molar-refractivity contribution in [2.75, 3.05) is 7.11 Å². The molecule has 0 saturated heterocycles. The predicted octanol–water partition coefficient (Wildman–Crippen LogP) is 2.38. The molecule has 1 aromatic carbocycles. The van der Waals surface area contributed by atoms with E-state index in [2.05, 4.69) is 0 Å². The zero-order valence-electron chi connectivity index (χ0n) is 11.1. The number of nitrogens with two attached hydrogens (primary N) is 1. The first-order chi connectivity index (χ1) is 8.47. The molecule has 0 spiro atoms. The fourth-order valence-corrected chi connectivity index (χ4v) is 2.33. The van der Waals surface area contributed by atoms with Crippen LogP contribution in [0.25, 0.3) is 0 Å². The summed E-state index contributed by atoms with van der Waals surface area (Å²) in [5.41, 5.74) is 5.77. The molecule has 0 amide bonds. The van der Waals surface area contributed by atoms with Crippen molar-refractivity contribution >= 4 is 5.97 Å². The number of carbonyl (C=O) groups is 1. The molecule has 0 heterocycles. The third-order valence-corrected chi connectivity index (χ3v) is 3.60. The van der Waals surface area contributed by atoms with E-state index in [1.807, 2.05) is 6.92 Å². The Morgan fingerprint density at radius 3 is 2.56 bits per heavy atom. The quantitative estimate of drug-likeness (QED) is 0.820. The number of ether oxygens (including phenoxy) is 1. The Labute approximate surface area is 107 Å². The molecule has 4 heteroatoms. The summed E-state index contributed by atoms with van der Waals surface area (Å²) in [6.07, 6.45) is 0.652. The number of carbonyl (C=O) groups excluding carboxylic acids is 1. The molecule has 0 aliphatic heterocycles. The summed E-state index contributed by atoms with van der Waals surface area (Å²) in [7, 11) is 1.32. The van der Waals surface area contributed by atoms with Crippen molar-refractivity contribution in [1.29, 1.82) is 0 Å². The molecule has 2 atom stereocenters. The lowest BCUT2D eigenvalue weighted by Gasteiger charge is -2.36. The molecule has 1 aromatic rings. The van der Waals surface area contributed by atoms with Gasteiger partial charge in [-0.3, -0.25) is 4.79 Å². The fourth-order valence-electron chi connectivity index (χ4n) is 2.33. The highest BCUT2D eigenvalue weighted by Gasteiger charge is 2.39. The van der Waals surface area contributed by atoms with Crippen LogP contribution in [0.15, 0.2) is 24.3 Å². The van der Waals surface area contributed by atoms with Crippen molar-refractivity contribution in [2.45, 2.75) is 38.1 Å². The van der Waals surface area contributed by atoms with Crippen molar-refractivity contribution in [3.8, 4) is 0 Å². The second kappa shape index (κ2) is 5.96. The molecule has 2 N–H and O–H groups in total. The number of hydrogen-bond acceptors (Lipinski definition) is 3. The van der Waals surface area contributed by atoms with Crippen molar-refractivity contribution in [3.05, 3.63) is 35.6 Å². The topological polar surface area (TPSA) is 52.3 Å². The summed E-state index contributed by atoms with van der Waals surface area (Å²) >= 11 is 0. The van der Waals surface area contributed by atoms with E-state index in [0.29, 0.717) is 12.0 Å². The van der Waals surface area contributed by atoms with Gasteiger partial charge in [-0.25, -0.2) is 4.39 Å². The zero-order valence-corrected chi connectivity index (χ0v) is 11.1. The average Bonchev–Trinajstić information content (AvgIpc) is 2.36. The minimum atomic E-state index is -0.724. The number of hydrogen-bond donors (Lipinski definition) is 1. The van der Waals surface area contributed by atoms with E-state index in [4.69, 9.17) is 10.5 Å². The van der Waals surface area contributed by atoms with Crippen LogP contribution in [0.3, 0.4) is 0 Å². The Kier molecular flexibility index (Phi) is 4.84. The summed E-state index contributed by atoms with van der Waals surface area (Å²) in [6, 6.07) is 6.10. The lowest BCUT2D eigenvalue weighted by Crippen LogP contribution is -2.45. The van der Waals surface area contributed by atoms with Crippen LogP contribution < -0.4 is 5.73 Å². The maximum absolute atomic E-state index is 14.0. The molecule has 18 heavy (non-hydrogen) atoms. The number of halogens is 1. The van der Waals surface area contributed by atoms with Crippen molar-refractivity contribution < 1.29 is 13.9 Å². The van der Waals surface area contributed by atoms with Gasteiger partial charge in [-0.1, -0.05) is 25.1 Å². The Bertz CT molecular complexity index is 420. The van der Waals surface area contributed by atoms with Crippen LogP contribution in [0, 0.1) is 5.82 Å². The van der Waals surface area contributed by atoms with Crippen LogP contribution in [0.4, 0.5) is 4.39 Å². The van der Waals surface area contributed by atoms with Gasteiger partial charge in [0.25, 0.3) is 0 Å². The first-order valence-corrected chi connectivity index (χ1v) is 6.05. The fraction of sp³-hybridized carbons (Fsp3) is 0.500. The van der Waals surface area contributed by atoms with Crippen LogP contribution in [0.5, 0.6) is 0 Å². The van der Waals surface area contributed by atoms with Gasteiger partial charge in [-0.2, -0.15) is 0 Å². The van der Waals surface area contributed by atoms with E-state index < -0.39 is 5.41 Å². The van der Waals surface area contributed by atoms with Gasteiger partial charge in [0.1, 0.15) is 5.82 Å². The lowest BCUT2D eigenvalue weighted by atomic mass is 9.70. The molecular weight excluding hydrogens is 233 g/mol. The van der Waals surface area contributed by atoms with E-state index in [1.165, 1.54) is 13.2 Å². The molecule has 100 valence electrons. The minimum Gasteiger partial charge on any atom is -0.469 e. The molecule has 0 saturated carbocycles. The van der Waals surface area contributed by atoms with Crippen LogP contribution >= 0.6 is 0 Å². The van der Waals surface area contributed by atoms with Gasteiger partial charge < -0.3 is 10.5 Å². The van der Waals surface area contributed by atoms with E-state index in [1.54, 1.807) is 25.1 Å². The highest BCUT2D eigenvalue weighted by Crippen LogP contribution is 2.36. The molecule has 3 nitrogen and oxygen atoms in total. The molecule has 2 unspecified atom stereocenters. The van der Waals surface area contributed by atoms with Crippen molar-refractivity contribution in [1.82, 2.24) is 0 Å². The summed E-state index contributed by atoms with van der Waals surface area (Å²) < 4.78 is 18.7. The Balaban J connectivity index is 3.27. The molecule has 0 aromatic heterocycles. The van der Waals surface area contributed by atoms with Gasteiger partial charge in [-0.15, -0.1) is 0 Å². The first-order valence-electron chi connectivity index (χ1n) is 6.05. The molecular formula is C14H20FNO2. The minimum absolute atomic E-state index is 0.0819. The molecule has 0 radical (unpaired) electrons. The highest BCUT2D eigenvalue weighted by molar-refractivity contribution is 5.71. The molecule has 0 aliphatic rings. The summed E-state index contributed by atoms with van der Waals surface area (Å²) in [5.74, 6) is -0.710. The predicted molar refractivity (Wildman–Crippen MR) is 68.7 cm³/mol. The van der Waals surface area contributed by atoms with Gasteiger partial charge >= 0.3 is 5.97 Å². The van der Waals surface area contributed by atoms with E-state index in [9.17, 15) is 9.18 Å². The lowest BCUT2D eigenvalue weighted by molar-refractivity contribution is -0.142. The van der Waals surface area contributed by atoms with E-state index in [-0.39, 0.29) is 24.2 Å². The molecule has 0 aliphatic carbocycles. The van der Waals surface area contributed by atoms with Gasteiger partial charge in [-0.05, 0) is 25.0 Å². The Morgan fingerprint density at radius 1 is 1.50 bits per heavy atom. The smallest absolute Gasteiger partial charge is 0.306 e. The standard InChI is InChI=1S/C14H20FNO2/c1-4-14(10(2)16,9-13(17)18-3)11-7-5-6-8-12(11)15/h5-8,10H,4,9,16H2,1-3H3. The Hall–Kier alpha value is -1.42. The maximum Gasteiger partial charge on any atom is 0.306 e. The SMILES string of the molecule is CCC(CC(=O)OC)(c1ccccc1F)C(C)N. The summed E-state index contributed by atoms with van der Waals surface area (Å²) in [4.78, 5) is 11.6. The number of esters is 1. The number of methoxy groups -OCH3 is 1. The molecule has 0 bridgehead atoms. The number of rotatable bonds is 5. The Morgan fingerprint density at radius 2 is 2.11 bits per heavy atom. The van der Waals surface area contributed by atoms with Crippen molar-refractivity contribution in [2.24, 2.45) is 5.73 Å². The normalized spacial score (nSPS) is 15.8. The maximum atomic E-state index is 14.0. The highest BCUT2D eigenvalue weighted by atomic mass is 19.1. The molecule has 1 rings (SSSR count). The van der Waals surface area contributed by atoms with Gasteiger partial charge in [0.15, 0.2) is 0 Å². The molecule has 0 fully saturated rings. The largest absolute Gasteiger partial charge is 0.469 e. The summed E-state index contributed by atoms with van der Waals surface area (Å²) in [6.45, 7) is 3.69. The second-order valence-electron chi connectivity index (χ2n) is 4.53. The van der Waals surface area contributed by atoms with Crippen LogP contribution in [-0.4, -0.2) is 19.1 Å². The first kappa shape index (κ1) is 14.6.